The molecule has 6 heteroatoms. The number of pyridine rings is 1. The number of nitrogens with zero attached hydrogens (tertiary/aromatic N) is 3. The number of nitrogen functional groups attached to an aromatic ring is 1. The van der Waals surface area contributed by atoms with Crippen molar-refractivity contribution in [3.8, 4) is 11.5 Å². The number of aryl methyl sites for hydroxylation is 1. The minimum atomic E-state index is 0.488. The summed E-state index contributed by atoms with van der Waals surface area (Å²) in [6.45, 7) is 1.14. The number of ether oxygens (including phenoxy) is 2. The number of benzene rings is 1. The van der Waals surface area contributed by atoms with Gasteiger partial charge in [0.2, 0.25) is 0 Å². The zero-order valence-corrected chi connectivity index (χ0v) is 10.4. The first-order chi connectivity index (χ1) is 9.22. The molecule has 4 rings (SSSR count). The van der Waals surface area contributed by atoms with Crippen molar-refractivity contribution in [1.82, 2.24) is 14.8 Å². The van der Waals surface area contributed by atoms with E-state index in [1.165, 1.54) is 0 Å². The molecule has 0 amide bonds. The summed E-state index contributed by atoms with van der Waals surface area (Å²) in [5, 5.41) is 6.00. The van der Waals surface area contributed by atoms with E-state index in [0.29, 0.717) is 19.0 Å². The third-order valence-electron chi connectivity index (χ3n) is 3.30. The van der Waals surface area contributed by atoms with Gasteiger partial charge in [-0.3, -0.25) is 0 Å². The van der Waals surface area contributed by atoms with E-state index in [4.69, 9.17) is 15.2 Å². The topological polar surface area (TPSA) is 75.2 Å². The predicted octanol–water partition coefficient (Wildman–Crippen LogP) is 1.47. The average Bonchev–Trinajstić information content (AvgIpc) is 2.69. The molecule has 0 spiro atoms. The first-order valence-electron chi connectivity index (χ1n) is 6.05. The zero-order valence-electron chi connectivity index (χ0n) is 10.4. The van der Waals surface area contributed by atoms with Crippen LogP contribution >= 0.6 is 0 Å². The second-order valence-corrected chi connectivity index (χ2v) is 4.56. The molecule has 1 aliphatic heterocycles. The second-order valence-electron chi connectivity index (χ2n) is 4.56. The molecule has 0 fully saturated rings. The van der Waals surface area contributed by atoms with Crippen LogP contribution in [0.5, 0.6) is 11.5 Å². The van der Waals surface area contributed by atoms with Crippen molar-refractivity contribution in [2.75, 3.05) is 18.9 Å². The van der Waals surface area contributed by atoms with Gasteiger partial charge in [0.05, 0.1) is 10.9 Å². The molecule has 1 aromatic carbocycles. The van der Waals surface area contributed by atoms with Crippen LogP contribution in [0.3, 0.4) is 0 Å². The minimum Gasteiger partial charge on any atom is -0.486 e. The number of anilines is 1. The molecule has 19 heavy (non-hydrogen) atoms. The van der Waals surface area contributed by atoms with Gasteiger partial charge in [-0.25, -0.2) is 9.67 Å². The molecule has 2 N–H and O–H groups in total. The van der Waals surface area contributed by atoms with Gasteiger partial charge in [0.15, 0.2) is 23.0 Å². The van der Waals surface area contributed by atoms with Crippen LogP contribution in [-0.4, -0.2) is 28.0 Å². The Kier molecular flexibility index (Phi) is 1.92. The molecule has 6 nitrogen and oxygen atoms in total. The van der Waals surface area contributed by atoms with Crippen molar-refractivity contribution < 1.29 is 9.47 Å². The fourth-order valence-corrected chi connectivity index (χ4v) is 2.40. The molecule has 0 atom stereocenters. The van der Waals surface area contributed by atoms with E-state index >= 15 is 0 Å². The zero-order chi connectivity index (χ0) is 13.0. The van der Waals surface area contributed by atoms with Crippen molar-refractivity contribution in [3.05, 3.63) is 18.2 Å². The quantitative estimate of drug-likeness (QED) is 0.659. The van der Waals surface area contributed by atoms with Crippen LogP contribution in [0.25, 0.3) is 21.9 Å². The lowest BCUT2D eigenvalue weighted by atomic mass is 10.1. The van der Waals surface area contributed by atoms with Crippen LogP contribution in [0.4, 0.5) is 5.82 Å². The Balaban J connectivity index is 2.08. The van der Waals surface area contributed by atoms with Gasteiger partial charge in [-0.05, 0) is 12.1 Å². The Morgan fingerprint density at radius 2 is 1.89 bits per heavy atom. The van der Waals surface area contributed by atoms with Crippen LogP contribution in [0.1, 0.15) is 0 Å². The SMILES string of the molecule is Cn1nc(N)c2cc3cc4c(cc3nc21)OCCO4. The van der Waals surface area contributed by atoms with Crippen LogP contribution in [0.2, 0.25) is 0 Å². The number of aromatic nitrogens is 3. The average molecular weight is 256 g/mol. The summed E-state index contributed by atoms with van der Waals surface area (Å²) in [7, 11) is 1.83. The van der Waals surface area contributed by atoms with Crippen molar-refractivity contribution in [3.63, 3.8) is 0 Å². The summed E-state index contributed by atoms with van der Waals surface area (Å²) in [4.78, 5) is 4.59. The first-order valence-corrected chi connectivity index (χ1v) is 6.05. The highest BCUT2D eigenvalue weighted by atomic mass is 16.6. The number of fused-ring (bicyclic) bond motifs is 3. The smallest absolute Gasteiger partial charge is 0.163 e. The van der Waals surface area contributed by atoms with E-state index in [9.17, 15) is 0 Å². The van der Waals surface area contributed by atoms with Gasteiger partial charge in [-0.2, -0.15) is 5.10 Å². The first kappa shape index (κ1) is 10.4. The summed E-state index contributed by atoms with van der Waals surface area (Å²) < 4.78 is 12.8. The van der Waals surface area contributed by atoms with Crippen LogP contribution in [-0.2, 0) is 7.05 Å². The molecule has 2 aromatic heterocycles. The van der Waals surface area contributed by atoms with E-state index in [1.807, 2.05) is 25.2 Å². The fourth-order valence-electron chi connectivity index (χ4n) is 2.40. The largest absolute Gasteiger partial charge is 0.486 e. The van der Waals surface area contributed by atoms with E-state index in [-0.39, 0.29) is 0 Å². The Hall–Kier alpha value is -2.50. The molecule has 0 bridgehead atoms. The molecule has 0 aliphatic carbocycles. The molecule has 96 valence electrons. The number of nitrogens with two attached hydrogens (primary N) is 1. The summed E-state index contributed by atoms with van der Waals surface area (Å²) in [5.41, 5.74) is 7.49. The minimum absolute atomic E-state index is 0.488. The molecule has 0 saturated heterocycles. The van der Waals surface area contributed by atoms with Crippen LogP contribution < -0.4 is 15.2 Å². The standard InChI is InChI=1S/C13H12N4O2/c1-17-13-8(12(14)16-17)4-7-5-10-11(6-9(7)15-13)19-3-2-18-10/h4-6H,2-3H2,1H3,(H2,14,16). The fraction of sp³-hybridized carbons (Fsp3) is 0.231. The van der Waals surface area contributed by atoms with E-state index in [2.05, 4.69) is 10.1 Å². The molecule has 3 heterocycles. The maximum absolute atomic E-state index is 5.88. The lowest BCUT2D eigenvalue weighted by Gasteiger charge is -2.18. The van der Waals surface area contributed by atoms with E-state index < -0.39 is 0 Å². The van der Waals surface area contributed by atoms with Crippen molar-refractivity contribution >= 4 is 27.8 Å². The molecule has 1 aliphatic rings. The number of hydrogen-bond acceptors (Lipinski definition) is 5. The lowest BCUT2D eigenvalue weighted by molar-refractivity contribution is 0.172. The lowest BCUT2D eigenvalue weighted by Crippen LogP contribution is -2.15. The summed E-state index contributed by atoms with van der Waals surface area (Å²) in [6, 6.07) is 5.81. The predicted molar refractivity (Wildman–Crippen MR) is 71.4 cm³/mol. The van der Waals surface area contributed by atoms with Gasteiger partial charge in [0.25, 0.3) is 0 Å². The normalized spacial score (nSPS) is 14.2. The van der Waals surface area contributed by atoms with Crippen molar-refractivity contribution in [2.45, 2.75) is 0 Å². The molecule has 3 aromatic rings. The number of hydrogen-bond donors (Lipinski definition) is 1. The highest BCUT2D eigenvalue weighted by Crippen LogP contribution is 2.35. The van der Waals surface area contributed by atoms with Gasteiger partial charge in [0, 0.05) is 18.5 Å². The Labute approximate surface area is 108 Å². The Morgan fingerprint density at radius 3 is 2.68 bits per heavy atom. The highest BCUT2D eigenvalue weighted by Gasteiger charge is 2.15. The molecule has 0 unspecified atom stereocenters. The Morgan fingerprint density at radius 1 is 1.16 bits per heavy atom. The second kappa shape index (κ2) is 3.50. The molecular weight excluding hydrogens is 244 g/mol. The van der Waals surface area contributed by atoms with Gasteiger partial charge in [-0.1, -0.05) is 0 Å². The van der Waals surface area contributed by atoms with Gasteiger partial charge in [-0.15, -0.1) is 0 Å². The van der Waals surface area contributed by atoms with Gasteiger partial charge >= 0.3 is 0 Å². The van der Waals surface area contributed by atoms with Crippen LogP contribution in [0.15, 0.2) is 18.2 Å². The van der Waals surface area contributed by atoms with Crippen molar-refractivity contribution in [1.29, 1.82) is 0 Å². The third kappa shape index (κ3) is 1.43. The summed E-state index contributed by atoms with van der Waals surface area (Å²) in [5.74, 6) is 1.98. The highest BCUT2D eigenvalue weighted by molar-refractivity contribution is 5.97. The summed E-state index contributed by atoms with van der Waals surface area (Å²) >= 11 is 0. The molecule has 0 radical (unpaired) electrons. The van der Waals surface area contributed by atoms with Gasteiger partial charge < -0.3 is 15.2 Å². The monoisotopic (exact) mass is 256 g/mol. The maximum atomic E-state index is 5.88. The Bertz CT molecular complexity index is 744. The van der Waals surface area contributed by atoms with Crippen LogP contribution in [0, 0.1) is 0 Å². The van der Waals surface area contributed by atoms with Gasteiger partial charge in [0.1, 0.15) is 13.2 Å². The molecular formula is C13H12N4O2. The maximum Gasteiger partial charge on any atom is 0.163 e. The van der Waals surface area contributed by atoms with E-state index in [0.717, 1.165) is 33.4 Å². The third-order valence-corrected chi connectivity index (χ3v) is 3.30. The van der Waals surface area contributed by atoms with E-state index in [1.54, 1.807) is 4.68 Å². The van der Waals surface area contributed by atoms with Crippen molar-refractivity contribution in [2.24, 2.45) is 7.05 Å². The summed E-state index contributed by atoms with van der Waals surface area (Å²) in [6.07, 6.45) is 0. The number of rotatable bonds is 0. The molecule has 0 saturated carbocycles.